The molecule has 0 fully saturated rings. The van der Waals surface area contributed by atoms with Crippen LogP contribution in [0.25, 0.3) is 0 Å². The van der Waals surface area contributed by atoms with Crippen molar-refractivity contribution in [2.24, 2.45) is 0 Å². The van der Waals surface area contributed by atoms with Crippen LogP contribution in [-0.4, -0.2) is 17.6 Å². The van der Waals surface area contributed by atoms with Gasteiger partial charge in [0.05, 0.1) is 6.61 Å². The zero-order chi connectivity index (χ0) is 14.5. The zero-order valence-corrected chi connectivity index (χ0v) is 13.7. The Kier molecular flexibility index (Phi) is 5.14. The van der Waals surface area contributed by atoms with Crippen molar-refractivity contribution in [2.45, 2.75) is 20.3 Å². The number of aryl methyl sites for hydroxylation is 1. The number of carbonyl (C=O) groups excluding carboxylic acids is 1. The number of halogens is 1. The number of rotatable bonds is 5. The quantitative estimate of drug-likeness (QED) is 0.809. The maximum absolute atomic E-state index is 11.6. The standard InChI is InChI=1S/C14H15BrN2O2S/c1-3-9-7-10(15)5-6-11(9)16-14-17-12(8-20-14)13(18)19-4-2/h5-8H,3-4H2,1-2H3,(H,16,17). The van der Waals surface area contributed by atoms with E-state index in [0.717, 1.165) is 16.6 Å². The summed E-state index contributed by atoms with van der Waals surface area (Å²) in [6.07, 6.45) is 0.915. The number of carbonyl (C=O) groups is 1. The molecule has 6 heteroatoms. The molecular weight excluding hydrogens is 340 g/mol. The van der Waals surface area contributed by atoms with Crippen LogP contribution in [0.5, 0.6) is 0 Å². The van der Waals surface area contributed by atoms with E-state index in [1.54, 1.807) is 12.3 Å². The van der Waals surface area contributed by atoms with Gasteiger partial charge in [-0.2, -0.15) is 0 Å². The van der Waals surface area contributed by atoms with Crippen LogP contribution in [0.2, 0.25) is 0 Å². The summed E-state index contributed by atoms with van der Waals surface area (Å²) in [6, 6.07) is 6.04. The molecule has 1 N–H and O–H groups in total. The number of nitrogens with one attached hydrogen (secondary N) is 1. The van der Waals surface area contributed by atoms with Gasteiger partial charge in [0.1, 0.15) is 0 Å². The summed E-state index contributed by atoms with van der Waals surface area (Å²) in [5, 5.41) is 5.63. The first-order valence-corrected chi connectivity index (χ1v) is 7.99. The number of hydrogen-bond acceptors (Lipinski definition) is 5. The minimum absolute atomic E-state index is 0.342. The van der Waals surface area contributed by atoms with Crippen molar-refractivity contribution in [2.75, 3.05) is 11.9 Å². The smallest absolute Gasteiger partial charge is 0.357 e. The van der Waals surface area contributed by atoms with Crippen LogP contribution >= 0.6 is 27.3 Å². The third-order valence-corrected chi connectivity index (χ3v) is 3.93. The minimum Gasteiger partial charge on any atom is -0.461 e. The minimum atomic E-state index is -0.386. The van der Waals surface area contributed by atoms with E-state index < -0.39 is 0 Å². The van der Waals surface area contributed by atoms with Gasteiger partial charge in [0.25, 0.3) is 0 Å². The SMILES string of the molecule is CCOC(=O)c1csc(Nc2ccc(Br)cc2CC)n1. The molecule has 2 aromatic rings. The fourth-order valence-corrected chi connectivity index (χ4v) is 2.82. The third-order valence-electron chi connectivity index (χ3n) is 2.68. The Morgan fingerprint density at radius 2 is 2.25 bits per heavy atom. The normalized spacial score (nSPS) is 10.3. The molecule has 0 atom stereocenters. The van der Waals surface area contributed by atoms with Crippen LogP contribution in [0.1, 0.15) is 29.9 Å². The fourth-order valence-electron chi connectivity index (χ4n) is 1.72. The van der Waals surface area contributed by atoms with Crippen LogP contribution in [0.4, 0.5) is 10.8 Å². The summed E-state index contributed by atoms with van der Waals surface area (Å²) in [7, 11) is 0. The average Bonchev–Trinajstić information content (AvgIpc) is 2.89. The highest BCUT2D eigenvalue weighted by Crippen LogP contribution is 2.26. The molecule has 1 aromatic carbocycles. The number of benzene rings is 1. The topological polar surface area (TPSA) is 51.2 Å². The van der Waals surface area contributed by atoms with E-state index in [1.165, 1.54) is 16.9 Å². The first-order chi connectivity index (χ1) is 9.63. The molecule has 0 aliphatic carbocycles. The molecule has 0 saturated carbocycles. The van der Waals surface area contributed by atoms with E-state index in [0.29, 0.717) is 17.4 Å². The summed E-state index contributed by atoms with van der Waals surface area (Å²) in [5.41, 5.74) is 2.53. The maximum atomic E-state index is 11.6. The number of ether oxygens (including phenoxy) is 1. The van der Waals surface area contributed by atoms with Gasteiger partial charge in [-0.05, 0) is 37.1 Å². The molecule has 0 aliphatic heterocycles. The van der Waals surface area contributed by atoms with Crippen molar-refractivity contribution in [1.29, 1.82) is 0 Å². The Labute approximate surface area is 130 Å². The number of hydrogen-bond donors (Lipinski definition) is 1. The lowest BCUT2D eigenvalue weighted by atomic mass is 10.1. The van der Waals surface area contributed by atoms with E-state index in [-0.39, 0.29) is 5.97 Å². The maximum Gasteiger partial charge on any atom is 0.357 e. The molecule has 0 radical (unpaired) electrons. The highest BCUT2D eigenvalue weighted by molar-refractivity contribution is 9.10. The van der Waals surface area contributed by atoms with Gasteiger partial charge in [-0.25, -0.2) is 9.78 Å². The number of esters is 1. The van der Waals surface area contributed by atoms with Crippen LogP contribution in [0.15, 0.2) is 28.1 Å². The molecule has 20 heavy (non-hydrogen) atoms. The van der Waals surface area contributed by atoms with Crippen LogP contribution < -0.4 is 5.32 Å². The predicted octanol–water partition coefficient (Wildman–Crippen LogP) is 4.39. The second-order valence-electron chi connectivity index (χ2n) is 4.04. The Hall–Kier alpha value is -1.40. The molecule has 0 saturated heterocycles. The molecule has 0 aliphatic rings. The Balaban J connectivity index is 2.16. The Morgan fingerprint density at radius 1 is 1.45 bits per heavy atom. The lowest BCUT2D eigenvalue weighted by Crippen LogP contribution is -2.05. The Morgan fingerprint density at radius 3 is 2.95 bits per heavy atom. The van der Waals surface area contributed by atoms with Gasteiger partial charge in [-0.1, -0.05) is 22.9 Å². The lowest BCUT2D eigenvalue weighted by Gasteiger charge is -2.08. The van der Waals surface area contributed by atoms with Crippen LogP contribution in [0, 0.1) is 0 Å². The van der Waals surface area contributed by atoms with Crippen molar-refractivity contribution in [3.05, 3.63) is 39.3 Å². The molecule has 0 unspecified atom stereocenters. The van der Waals surface area contributed by atoms with Crippen molar-refractivity contribution in [3.8, 4) is 0 Å². The van der Waals surface area contributed by atoms with Crippen LogP contribution in [0.3, 0.4) is 0 Å². The summed E-state index contributed by atoms with van der Waals surface area (Å²) >= 11 is 4.85. The first kappa shape index (κ1) is 15.0. The molecule has 0 spiro atoms. The molecule has 0 amide bonds. The van der Waals surface area contributed by atoms with E-state index in [2.05, 4.69) is 39.2 Å². The molecule has 1 aromatic heterocycles. The van der Waals surface area contributed by atoms with Crippen molar-refractivity contribution in [1.82, 2.24) is 4.98 Å². The summed E-state index contributed by atoms with van der Waals surface area (Å²) in [4.78, 5) is 15.8. The highest BCUT2D eigenvalue weighted by Gasteiger charge is 2.12. The van der Waals surface area contributed by atoms with E-state index in [1.807, 2.05) is 12.1 Å². The molecule has 0 bridgehead atoms. The second kappa shape index (κ2) is 6.85. The molecule has 2 rings (SSSR count). The average molecular weight is 355 g/mol. The van der Waals surface area contributed by atoms with E-state index >= 15 is 0 Å². The number of anilines is 2. The van der Waals surface area contributed by atoms with Gasteiger partial charge < -0.3 is 10.1 Å². The van der Waals surface area contributed by atoms with Crippen molar-refractivity contribution >= 4 is 44.1 Å². The Bertz CT molecular complexity index is 613. The molecular formula is C14H15BrN2O2S. The van der Waals surface area contributed by atoms with Gasteiger partial charge in [0.15, 0.2) is 10.8 Å². The van der Waals surface area contributed by atoms with Gasteiger partial charge in [-0.15, -0.1) is 11.3 Å². The fraction of sp³-hybridized carbons (Fsp3) is 0.286. The number of aromatic nitrogens is 1. The number of nitrogens with zero attached hydrogens (tertiary/aromatic N) is 1. The van der Waals surface area contributed by atoms with Crippen LogP contribution in [-0.2, 0) is 11.2 Å². The summed E-state index contributed by atoms with van der Waals surface area (Å²) < 4.78 is 5.97. The predicted molar refractivity (Wildman–Crippen MR) is 84.9 cm³/mol. The summed E-state index contributed by atoms with van der Waals surface area (Å²) in [5.74, 6) is -0.386. The van der Waals surface area contributed by atoms with Crippen molar-refractivity contribution < 1.29 is 9.53 Å². The van der Waals surface area contributed by atoms with Crippen molar-refractivity contribution in [3.63, 3.8) is 0 Å². The van der Waals surface area contributed by atoms with E-state index in [9.17, 15) is 4.79 Å². The first-order valence-electron chi connectivity index (χ1n) is 6.32. The zero-order valence-electron chi connectivity index (χ0n) is 11.3. The molecule has 106 valence electrons. The number of thiazole rings is 1. The molecule has 4 nitrogen and oxygen atoms in total. The monoisotopic (exact) mass is 354 g/mol. The highest BCUT2D eigenvalue weighted by atomic mass is 79.9. The van der Waals surface area contributed by atoms with Gasteiger partial charge in [-0.3, -0.25) is 0 Å². The van der Waals surface area contributed by atoms with Gasteiger partial charge >= 0.3 is 5.97 Å². The van der Waals surface area contributed by atoms with Gasteiger partial charge in [0, 0.05) is 15.5 Å². The lowest BCUT2D eigenvalue weighted by molar-refractivity contribution is 0.0520. The summed E-state index contributed by atoms with van der Waals surface area (Å²) in [6.45, 7) is 4.23. The third kappa shape index (κ3) is 3.58. The van der Waals surface area contributed by atoms with E-state index in [4.69, 9.17) is 4.74 Å². The second-order valence-corrected chi connectivity index (χ2v) is 5.81. The largest absolute Gasteiger partial charge is 0.461 e. The van der Waals surface area contributed by atoms with Gasteiger partial charge in [0.2, 0.25) is 0 Å². The molecule has 1 heterocycles.